The van der Waals surface area contributed by atoms with Crippen molar-refractivity contribution in [2.45, 2.75) is 62.8 Å². The van der Waals surface area contributed by atoms with Crippen molar-refractivity contribution in [3.63, 3.8) is 0 Å². The Morgan fingerprint density at radius 1 is 1.21 bits per heavy atom. The van der Waals surface area contributed by atoms with E-state index in [0.717, 1.165) is 30.5 Å². The number of aromatic nitrogens is 5. The zero-order chi connectivity index (χ0) is 26.4. The van der Waals surface area contributed by atoms with Crippen molar-refractivity contribution in [3.8, 4) is 5.82 Å². The highest BCUT2D eigenvalue weighted by atomic mass is 32.2. The number of aryl methyl sites for hydroxylation is 2. The van der Waals surface area contributed by atoms with Crippen molar-refractivity contribution in [1.29, 1.82) is 0 Å². The van der Waals surface area contributed by atoms with Crippen molar-refractivity contribution >= 4 is 34.4 Å². The number of benzene rings is 1. The molecule has 0 saturated carbocycles. The molecule has 0 fully saturated rings. The van der Waals surface area contributed by atoms with Crippen LogP contribution in [0.15, 0.2) is 54.0 Å². The third-order valence-corrected chi connectivity index (χ3v) is 9.04. The van der Waals surface area contributed by atoms with Crippen molar-refractivity contribution in [2.24, 2.45) is 0 Å². The van der Waals surface area contributed by atoms with E-state index in [-0.39, 0.29) is 12.1 Å². The smallest absolute Gasteiger partial charge is 0.278 e. The second kappa shape index (κ2) is 9.71. The molecule has 3 aromatic heterocycles. The van der Waals surface area contributed by atoms with Gasteiger partial charge in [0.1, 0.15) is 11.0 Å². The van der Waals surface area contributed by atoms with E-state index >= 15 is 0 Å². The molecule has 0 saturated heterocycles. The van der Waals surface area contributed by atoms with E-state index < -0.39 is 5.60 Å². The number of hydrogen-bond acceptors (Lipinski definition) is 7. The Balaban J connectivity index is 1.42. The first-order valence-corrected chi connectivity index (χ1v) is 14.5. The van der Waals surface area contributed by atoms with Crippen LogP contribution in [0.5, 0.6) is 0 Å². The SMILES string of the molecule is C=CCn1c(=O)c2cnc(Nc3ccc4c(c3)CCC(SC)C4)nc2n1-c1ccc2c(n1)C(O)(CC)CC2. The van der Waals surface area contributed by atoms with Gasteiger partial charge in [0.05, 0.1) is 12.2 Å². The van der Waals surface area contributed by atoms with Crippen LogP contribution in [0.3, 0.4) is 0 Å². The molecule has 0 bridgehead atoms. The maximum atomic E-state index is 13.3. The molecule has 0 spiro atoms. The Bertz CT molecular complexity index is 1610. The Morgan fingerprint density at radius 3 is 2.84 bits per heavy atom. The summed E-state index contributed by atoms with van der Waals surface area (Å²) >= 11 is 1.94. The van der Waals surface area contributed by atoms with Crippen molar-refractivity contribution < 1.29 is 5.11 Å². The minimum atomic E-state index is -0.957. The van der Waals surface area contributed by atoms with Gasteiger partial charge in [0.15, 0.2) is 11.5 Å². The maximum absolute atomic E-state index is 13.3. The normalized spacial score (nSPS) is 20.3. The first kappa shape index (κ1) is 24.9. The summed E-state index contributed by atoms with van der Waals surface area (Å²) in [7, 11) is 0. The van der Waals surface area contributed by atoms with E-state index in [1.807, 2.05) is 30.8 Å². The Kier molecular flexibility index (Phi) is 6.36. The number of aliphatic hydroxyl groups is 1. The van der Waals surface area contributed by atoms with Gasteiger partial charge in [-0.05, 0) is 79.7 Å². The fourth-order valence-electron chi connectivity index (χ4n) is 5.74. The molecule has 6 rings (SSSR count). The molecule has 4 aromatic rings. The lowest BCUT2D eigenvalue weighted by Gasteiger charge is -2.23. The lowest BCUT2D eigenvalue weighted by Crippen LogP contribution is -2.25. The average molecular weight is 529 g/mol. The van der Waals surface area contributed by atoms with Crippen molar-refractivity contribution in [1.82, 2.24) is 24.3 Å². The summed E-state index contributed by atoms with van der Waals surface area (Å²) in [6.45, 7) is 6.09. The first-order chi connectivity index (χ1) is 18.4. The summed E-state index contributed by atoms with van der Waals surface area (Å²) in [5.74, 6) is 0.944. The number of nitrogens with one attached hydrogen (secondary N) is 1. The lowest BCUT2D eigenvalue weighted by atomic mass is 9.91. The third kappa shape index (κ3) is 4.14. The number of rotatable bonds is 7. The van der Waals surface area contributed by atoms with Crippen LogP contribution in [0.2, 0.25) is 0 Å². The zero-order valence-electron chi connectivity index (χ0n) is 21.8. The summed E-state index contributed by atoms with van der Waals surface area (Å²) in [5, 5.41) is 15.6. The summed E-state index contributed by atoms with van der Waals surface area (Å²) in [6, 6.07) is 10.3. The van der Waals surface area contributed by atoms with Crippen LogP contribution < -0.4 is 10.9 Å². The first-order valence-electron chi connectivity index (χ1n) is 13.2. The number of nitrogens with zero attached hydrogens (tertiary/aromatic N) is 5. The molecule has 38 heavy (non-hydrogen) atoms. The third-order valence-electron chi connectivity index (χ3n) is 7.97. The van der Waals surface area contributed by atoms with Gasteiger partial charge < -0.3 is 10.4 Å². The minimum Gasteiger partial charge on any atom is -0.384 e. The van der Waals surface area contributed by atoms with Gasteiger partial charge in [-0.1, -0.05) is 25.1 Å². The second-order valence-electron chi connectivity index (χ2n) is 10.2. The van der Waals surface area contributed by atoms with Gasteiger partial charge in [0, 0.05) is 17.1 Å². The predicted molar refractivity (Wildman–Crippen MR) is 153 cm³/mol. The standard InChI is InChI=1S/C29H32N6O2S/c1-4-14-34-27(36)23-17-30-28(31-21-9-6-20-16-22(38-3)10-7-19(20)15-21)33-26(23)35(34)24-11-8-18-12-13-29(37,5-2)25(18)32-24/h4,6,8-9,11,15,17,22,37H,1,5,7,10,12-14,16H2,2-3H3,(H,30,31,33). The predicted octanol–water partition coefficient (Wildman–Crippen LogP) is 4.67. The van der Waals surface area contributed by atoms with Crippen molar-refractivity contribution in [2.75, 3.05) is 11.6 Å². The molecule has 0 radical (unpaired) electrons. The summed E-state index contributed by atoms with van der Waals surface area (Å²) in [6.07, 6.45) is 10.8. The van der Waals surface area contributed by atoms with E-state index in [0.29, 0.717) is 46.6 Å². The van der Waals surface area contributed by atoms with Crippen LogP contribution in [0.1, 0.15) is 48.6 Å². The number of anilines is 2. The molecular formula is C29H32N6O2S. The molecule has 2 unspecified atom stereocenters. The molecule has 196 valence electrons. The highest BCUT2D eigenvalue weighted by Crippen LogP contribution is 2.38. The quantitative estimate of drug-likeness (QED) is 0.336. The number of allylic oxidation sites excluding steroid dienone is 1. The molecule has 2 aliphatic rings. The summed E-state index contributed by atoms with van der Waals surface area (Å²) in [5.41, 5.74) is 4.71. The van der Waals surface area contributed by atoms with Gasteiger partial charge in [0.25, 0.3) is 5.56 Å². The highest BCUT2D eigenvalue weighted by molar-refractivity contribution is 7.99. The number of thioether (sulfide) groups is 1. The minimum absolute atomic E-state index is 0.211. The van der Waals surface area contributed by atoms with E-state index in [2.05, 4.69) is 41.3 Å². The van der Waals surface area contributed by atoms with Gasteiger partial charge in [-0.2, -0.15) is 16.7 Å². The van der Waals surface area contributed by atoms with E-state index in [4.69, 9.17) is 9.97 Å². The second-order valence-corrected chi connectivity index (χ2v) is 11.3. The van der Waals surface area contributed by atoms with E-state index in [1.54, 1.807) is 21.6 Å². The maximum Gasteiger partial charge on any atom is 0.278 e. The monoisotopic (exact) mass is 528 g/mol. The Hall–Kier alpha value is -3.43. The van der Waals surface area contributed by atoms with Gasteiger partial charge >= 0.3 is 0 Å². The number of pyridine rings is 1. The molecule has 2 atom stereocenters. The van der Waals surface area contributed by atoms with Crippen LogP contribution in [-0.4, -0.2) is 40.9 Å². The van der Waals surface area contributed by atoms with Gasteiger partial charge in [0.2, 0.25) is 5.95 Å². The van der Waals surface area contributed by atoms with Crippen LogP contribution in [0, 0.1) is 0 Å². The molecule has 0 aliphatic heterocycles. The fraction of sp³-hybridized carbons (Fsp3) is 0.379. The van der Waals surface area contributed by atoms with Crippen LogP contribution in [0.4, 0.5) is 11.6 Å². The molecular weight excluding hydrogens is 496 g/mol. The van der Waals surface area contributed by atoms with Crippen LogP contribution in [-0.2, 0) is 31.4 Å². The Morgan fingerprint density at radius 2 is 2.05 bits per heavy atom. The molecule has 3 heterocycles. The Labute approximate surface area is 225 Å². The highest BCUT2D eigenvalue weighted by Gasteiger charge is 2.37. The summed E-state index contributed by atoms with van der Waals surface area (Å²) in [4.78, 5) is 27.4. The molecule has 0 amide bonds. The topological polar surface area (TPSA) is 97.9 Å². The van der Waals surface area contributed by atoms with E-state index in [9.17, 15) is 9.90 Å². The number of fused-ring (bicyclic) bond motifs is 3. The van der Waals surface area contributed by atoms with Gasteiger partial charge in [-0.25, -0.2) is 19.3 Å². The fourth-order valence-corrected chi connectivity index (χ4v) is 6.44. The van der Waals surface area contributed by atoms with Crippen LogP contribution in [0.25, 0.3) is 16.9 Å². The molecule has 1 aromatic carbocycles. The molecule has 2 aliphatic carbocycles. The molecule has 8 nitrogen and oxygen atoms in total. The number of hydrogen-bond donors (Lipinski definition) is 2. The lowest BCUT2D eigenvalue weighted by molar-refractivity contribution is 0.0306. The molecule has 2 N–H and O–H groups in total. The van der Waals surface area contributed by atoms with Gasteiger partial charge in [-0.3, -0.25) is 4.79 Å². The average Bonchev–Trinajstić information content (AvgIpc) is 3.42. The van der Waals surface area contributed by atoms with E-state index in [1.165, 1.54) is 17.5 Å². The van der Waals surface area contributed by atoms with Crippen molar-refractivity contribution in [3.05, 3.63) is 81.9 Å². The largest absolute Gasteiger partial charge is 0.384 e. The zero-order valence-corrected chi connectivity index (χ0v) is 22.6. The summed E-state index contributed by atoms with van der Waals surface area (Å²) < 4.78 is 3.28. The van der Waals surface area contributed by atoms with Gasteiger partial charge in [-0.15, -0.1) is 6.58 Å². The van der Waals surface area contributed by atoms with Crippen LogP contribution >= 0.6 is 11.8 Å². The molecule has 9 heteroatoms.